The molecule has 0 spiro atoms. The summed E-state index contributed by atoms with van der Waals surface area (Å²) in [6.45, 7) is 0.943. The van der Waals surface area contributed by atoms with Crippen molar-refractivity contribution >= 4 is 17.8 Å². The number of halogens is 3. The minimum Gasteiger partial charge on any atom is -0.446 e. The summed E-state index contributed by atoms with van der Waals surface area (Å²) in [5, 5.41) is 0. The Hall–Kier alpha value is -2.52. The number of aromatic nitrogens is 1. The molecular weight excluding hydrogens is 437 g/mol. The second-order valence-electron chi connectivity index (χ2n) is 10.4. The first-order valence-electron chi connectivity index (χ1n) is 11.6. The highest BCUT2D eigenvalue weighted by atomic mass is 19.4. The van der Waals surface area contributed by atoms with Crippen LogP contribution < -0.4 is 10.6 Å². The number of nitrogens with zero attached hydrogens (tertiary/aromatic N) is 3. The van der Waals surface area contributed by atoms with Crippen molar-refractivity contribution in [2.24, 2.45) is 28.9 Å². The number of hydrogen-bond acceptors (Lipinski definition) is 5. The van der Waals surface area contributed by atoms with Crippen molar-refractivity contribution in [3.63, 3.8) is 0 Å². The first-order chi connectivity index (χ1) is 15.6. The molecule has 4 bridgehead atoms. The SMILES string of the molecule is CN(c1ccc(C(F)(F)F)cn1)C1CCN(C(=O)OC2C3CC4C[C@H]2C[C@@](C(N)=O)(C4)C3)C1. The van der Waals surface area contributed by atoms with E-state index in [2.05, 4.69) is 4.98 Å². The van der Waals surface area contributed by atoms with Crippen molar-refractivity contribution in [2.45, 2.75) is 56.8 Å². The minimum absolute atomic E-state index is 0.0570. The lowest BCUT2D eigenvalue weighted by molar-refractivity contribution is -0.161. The molecule has 7 nitrogen and oxygen atoms in total. The maximum Gasteiger partial charge on any atom is 0.417 e. The van der Waals surface area contributed by atoms with Gasteiger partial charge in [0.25, 0.3) is 0 Å². The van der Waals surface area contributed by atoms with Crippen molar-refractivity contribution < 1.29 is 27.5 Å². The monoisotopic (exact) mass is 466 g/mol. The fourth-order valence-electron chi connectivity index (χ4n) is 6.84. The third-order valence-electron chi connectivity index (χ3n) is 8.35. The molecule has 1 aromatic rings. The van der Waals surface area contributed by atoms with Gasteiger partial charge in [0.2, 0.25) is 5.91 Å². The van der Waals surface area contributed by atoms with Gasteiger partial charge in [-0.2, -0.15) is 13.2 Å². The van der Waals surface area contributed by atoms with Crippen LogP contribution in [-0.4, -0.2) is 54.2 Å². The van der Waals surface area contributed by atoms with E-state index in [4.69, 9.17) is 10.5 Å². The molecule has 10 heteroatoms. The van der Waals surface area contributed by atoms with Crippen LogP contribution in [0.15, 0.2) is 18.3 Å². The zero-order valence-electron chi connectivity index (χ0n) is 18.6. The maximum atomic E-state index is 13.0. The molecule has 33 heavy (non-hydrogen) atoms. The number of alkyl halides is 3. The van der Waals surface area contributed by atoms with Gasteiger partial charge >= 0.3 is 12.3 Å². The summed E-state index contributed by atoms with van der Waals surface area (Å²) in [6.07, 6.45) is 0.809. The molecular formula is C23H29F3N4O3. The number of likely N-dealkylation sites (N-methyl/N-ethyl adjacent to an activating group) is 1. The minimum atomic E-state index is -4.42. The molecule has 0 radical (unpaired) electrons. The highest BCUT2D eigenvalue weighted by Crippen LogP contribution is 2.60. The van der Waals surface area contributed by atoms with Crippen molar-refractivity contribution in [1.82, 2.24) is 9.88 Å². The lowest BCUT2D eigenvalue weighted by Gasteiger charge is -2.58. The van der Waals surface area contributed by atoms with E-state index >= 15 is 0 Å². The predicted molar refractivity (Wildman–Crippen MR) is 113 cm³/mol. The van der Waals surface area contributed by atoms with Gasteiger partial charge in [0.15, 0.2) is 0 Å². The first kappa shape index (κ1) is 22.3. The molecule has 6 rings (SSSR count). The van der Waals surface area contributed by atoms with Gasteiger partial charge in [0, 0.05) is 32.4 Å². The lowest BCUT2D eigenvalue weighted by Crippen LogP contribution is -2.59. The molecule has 0 aromatic carbocycles. The summed E-state index contributed by atoms with van der Waals surface area (Å²) in [5.74, 6) is 1.08. The summed E-state index contributed by atoms with van der Waals surface area (Å²) >= 11 is 0. The zero-order chi connectivity index (χ0) is 23.5. The number of ether oxygens (including phenoxy) is 1. The van der Waals surface area contributed by atoms with Gasteiger partial charge in [-0.25, -0.2) is 9.78 Å². The molecule has 1 saturated heterocycles. The topological polar surface area (TPSA) is 88.8 Å². The Kier molecular flexibility index (Phi) is 5.25. The van der Waals surface area contributed by atoms with E-state index in [0.717, 1.165) is 31.5 Å². The summed E-state index contributed by atoms with van der Waals surface area (Å²) < 4.78 is 44.4. The quantitative estimate of drug-likeness (QED) is 0.735. The van der Waals surface area contributed by atoms with Crippen LogP contribution in [0.3, 0.4) is 0 Å². The van der Waals surface area contributed by atoms with Crippen molar-refractivity contribution in [3.05, 3.63) is 23.9 Å². The van der Waals surface area contributed by atoms with Crippen LogP contribution in [0.2, 0.25) is 0 Å². The molecule has 1 aromatic heterocycles. The number of anilines is 1. The van der Waals surface area contributed by atoms with Crippen LogP contribution in [0.4, 0.5) is 23.8 Å². The number of primary amides is 1. The molecule has 4 aliphatic carbocycles. The molecule has 2 heterocycles. The number of pyridine rings is 1. The number of hydrogen-bond donors (Lipinski definition) is 1. The van der Waals surface area contributed by atoms with E-state index in [1.54, 1.807) is 11.9 Å². The largest absolute Gasteiger partial charge is 0.446 e. The van der Waals surface area contributed by atoms with Gasteiger partial charge in [0.1, 0.15) is 11.9 Å². The van der Waals surface area contributed by atoms with Gasteiger partial charge in [-0.3, -0.25) is 4.79 Å². The third-order valence-corrected chi connectivity index (χ3v) is 8.35. The molecule has 6 atom stereocenters. The molecule has 1 aliphatic heterocycles. The number of carbonyl (C=O) groups is 2. The van der Waals surface area contributed by atoms with Crippen LogP contribution >= 0.6 is 0 Å². The molecule has 5 fully saturated rings. The van der Waals surface area contributed by atoms with Gasteiger partial charge < -0.3 is 20.3 Å². The Labute approximate surface area is 190 Å². The number of amides is 2. The van der Waals surface area contributed by atoms with Crippen molar-refractivity contribution in [2.75, 3.05) is 25.0 Å². The molecule has 5 aliphatic rings. The van der Waals surface area contributed by atoms with Crippen LogP contribution in [0.25, 0.3) is 0 Å². The van der Waals surface area contributed by atoms with Crippen LogP contribution in [0.5, 0.6) is 0 Å². The second-order valence-corrected chi connectivity index (χ2v) is 10.4. The third kappa shape index (κ3) is 3.91. The second kappa shape index (κ2) is 7.77. The zero-order valence-corrected chi connectivity index (χ0v) is 18.6. The van der Waals surface area contributed by atoms with E-state index in [1.807, 2.05) is 4.90 Å². The average molecular weight is 467 g/mol. The summed E-state index contributed by atoms with van der Waals surface area (Å²) in [6, 6.07) is 2.32. The Morgan fingerprint density at radius 1 is 1.21 bits per heavy atom. The number of nitrogens with two attached hydrogens (primary N) is 1. The van der Waals surface area contributed by atoms with E-state index in [-0.39, 0.29) is 36.0 Å². The first-order valence-corrected chi connectivity index (χ1v) is 11.6. The van der Waals surface area contributed by atoms with Gasteiger partial charge in [-0.15, -0.1) is 0 Å². The molecule has 2 N–H and O–H groups in total. The van der Waals surface area contributed by atoms with Crippen LogP contribution in [-0.2, 0) is 15.7 Å². The lowest BCUT2D eigenvalue weighted by atomic mass is 9.48. The van der Waals surface area contributed by atoms with Crippen LogP contribution in [0, 0.1) is 23.2 Å². The Balaban J connectivity index is 1.19. The number of carbonyl (C=O) groups excluding carboxylic acids is 2. The highest BCUT2D eigenvalue weighted by molar-refractivity contribution is 5.81. The summed E-state index contributed by atoms with van der Waals surface area (Å²) in [4.78, 5) is 32.5. The molecule has 4 unspecified atom stereocenters. The standard InChI is InChI=1S/C23H29F3N4O3/c1-29(18-3-2-16(11-28-18)23(24,25)26)17-4-5-30(12-17)21(32)33-19-14-6-13-7-15(19)10-22(8-13,9-14)20(27)31/h2-3,11,13-15,17,19H,4-10,12H2,1H3,(H2,27,31)/t13?,14-,15?,17?,19?,22-/m0/s1. The smallest absolute Gasteiger partial charge is 0.417 e. The normalized spacial score (nSPS) is 35.0. The van der Waals surface area contributed by atoms with Gasteiger partial charge in [0.05, 0.1) is 11.0 Å². The Morgan fingerprint density at radius 2 is 1.91 bits per heavy atom. The van der Waals surface area contributed by atoms with Crippen molar-refractivity contribution in [1.29, 1.82) is 0 Å². The fourth-order valence-corrected chi connectivity index (χ4v) is 6.84. The Morgan fingerprint density at radius 3 is 2.48 bits per heavy atom. The van der Waals surface area contributed by atoms with Gasteiger partial charge in [-0.1, -0.05) is 0 Å². The molecule has 2 amide bonds. The molecule has 4 saturated carbocycles. The highest BCUT2D eigenvalue weighted by Gasteiger charge is 2.59. The predicted octanol–water partition coefficient (Wildman–Crippen LogP) is 3.43. The summed E-state index contributed by atoms with van der Waals surface area (Å²) in [5.41, 5.74) is 4.53. The molecule has 180 valence electrons. The maximum absolute atomic E-state index is 13.0. The van der Waals surface area contributed by atoms with E-state index in [9.17, 15) is 22.8 Å². The van der Waals surface area contributed by atoms with Crippen LogP contribution in [0.1, 0.15) is 44.1 Å². The van der Waals surface area contributed by atoms with Gasteiger partial charge in [-0.05, 0) is 68.4 Å². The number of rotatable bonds is 4. The van der Waals surface area contributed by atoms with Crippen molar-refractivity contribution in [3.8, 4) is 0 Å². The average Bonchev–Trinajstić information content (AvgIpc) is 3.25. The number of likely N-dealkylation sites (tertiary alicyclic amines) is 1. The Bertz CT molecular complexity index is 922. The fraction of sp³-hybridized carbons (Fsp3) is 0.696. The summed E-state index contributed by atoms with van der Waals surface area (Å²) in [7, 11) is 1.77. The van der Waals surface area contributed by atoms with E-state index in [0.29, 0.717) is 44.1 Å². The van der Waals surface area contributed by atoms with E-state index in [1.165, 1.54) is 6.07 Å². The van der Waals surface area contributed by atoms with E-state index < -0.39 is 17.2 Å².